The predicted molar refractivity (Wildman–Crippen MR) is 61.8 cm³/mol. The summed E-state index contributed by atoms with van der Waals surface area (Å²) in [6.45, 7) is 11.1. The van der Waals surface area contributed by atoms with Crippen LogP contribution >= 0.6 is 0 Å². The summed E-state index contributed by atoms with van der Waals surface area (Å²) in [5.74, 6) is 0. The molecule has 1 aromatic carbocycles. The molecule has 0 N–H and O–H groups in total. The molecule has 0 unspecified atom stereocenters. The van der Waals surface area contributed by atoms with E-state index in [0.29, 0.717) is 0 Å². The molecule has 0 atom stereocenters. The minimum Gasteiger partial charge on any atom is -0.103 e. The predicted octanol–water partition coefficient (Wildman–Crippen LogP) is 4.08. The van der Waals surface area contributed by atoms with Crippen LogP contribution in [0.5, 0.6) is 0 Å². The smallest absolute Gasteiger partial charge is 0.0262 e. The second-order valence-corrected chi connectivity index (χ2v) is 2.71. The van der Waals surface area contributed by atoms with Crippen molar-refractivity contribution in [1.29, 1.82) is 0 Å². The largest absolute Gasteiger partial charge is 0.103 e. The Balaban J connectivity index is 0.000000424. The summed E-state index contributed by atoms with van der Waals surface area (Å²) in [7, 11) is 0. The van der Waals surface area contributed by atoms with E-state index in [4.69, 9.17) is 0 Å². The molecule has 0 heterocycles. The molecule has 0 spiro atoms. The summed E-state index contributed by atoms with van der Waals surface area (Å²) in [6.07, 6.45) is 4.72. The second-order valence-electron chi connectivity index (χ2n) is 2.71. The van der Waals surface area contributed by atoms with E-state index < -0.39 is 0 Å². The average Bonchev–Trinajstić information content (AvgIpc) is 2.19. The summed E-state index contributed by atoms with van der Waals surface area (Å²) < 4.78 is 0. The van der Waals surface area contributed by atoms with Crippen molar-refractivity contribution in [2.45, 2.75) is 20.3 Å². The molecule has 0 saturated heterocycles. The van der Waals surface area contributed by atoms with Gasteiger partial charge < -0.3 is 0 Å². The van der Waals surface area contributed by atoms with Crippen LogP contribution in [0, 0.1) is 0 Å². The van der Waals surface area contributed by atoms with E-state index in [0.717, 1.165) is 6.42 Å². The molecule has 0 nitrogen and oxygen atoms in total. The molecule has 0 aliphatic heterocycles. The molecule has 0 aromatic heterocycles. The lowest BCUT2D eigenvalue weighted by Gasteiger charge is -1.95. The zero-order valence-electron chi connectivity index (χ0n) is 8.59. The Labute approximate surface area is 81.6 Å². The van der Waals surface area contributed by atoms with Gasteiger partial charge in [0.05, 0.1) is 0 Å². The number of allylic oxidation sites excluding steroid dienone is 1. The molecular formula is C13H18. The van der Waals surface area contributed by atoms with Crippen LogP contribution in [-0.4, -0.2) is 0 Å². The van der Waals surface area contributed by atoms with Crippen LogP contribution < -0.4 is 0 Å². The first-order chi connectivity index (χ1) is 6.28. The number of benzene rings is 1. The van der Waals surface area contributed by atoms with Gasteiger partial charge >= 0.3 is 0 Å². The van der Waals surface area contributed by atoms with Crippen molar-refractivity contribution in [3.05, 3.63) is 54.6 Å². The molecule has 0 saturated carbocycles. The normalized spacial score (nSPS) is 8.15. The maximum Gasteiger partial charge on any atom is -0.0262 e. The van der Waals surface area contributed by atoms with Gasteiger partial charge in [0.2, 0.25) is 0 Å². The highest BCUT2D eigenvalue weighted by molar-refractivity contribution is 5.47. The third kappa shape index (κ3) is 5.02. The van der Waals surface area contributed by atoms with Gasteiger partial charge in [-0.25, -0.2) is 0 Å². The summed E-state index contributed by atoms with van der Waals surface area (Å²) in [6, 6.07) is 8.45. The van der Waals surface area contributed by atoms with Gasteiger partial charge in [-0.1, -0.05) is 49.9 Å². The van der Waals surface area contributed by atoms with E-state index in [1.807, 2.05) is 13.0 Å². The first-order valence-corrected chi connectivity index (χ1v) is 4.56. The Hall–Kier alpha value is -1.30. The van der Waals surface area contributed by atoms with Crippen LogP contribution in [-0.2, 0) is 6.42 Å². The minimum absolute atomic E-state index is 1.11. The topological polar surface area (TPSA) is 0 Å². The van der Waals surface area contributed by atoms with Gasteiger partial charge in [0.1, 0.15) is 0 Å². The highest BCUT2D eigenvalue weighted by atomic mass is 13.9. The second kappa shape index (κ2) is 7.35. The van der Waals surface area contributed by atoms with Gasteiger partial charge in [0, 0.05) is 0 Å². The molecule has 0 radical (unpaired) electrons. The number of rotatable bonds is 2. The summed E-state index contributed by atoms with van der Waals surface area (Å²) in [5.41, 5.74) is 2.57. The van der Waals surface area contributed by atoms with Crippen molar-refractivity contribution in [1.82, 2.24) is 0 Å². The van der Waals surface area contributed by atoms with E-state index in [1.165, 1.54) is 11.1 Å². The summed E-state index contributed by atoms with van der Waals surface area (Å²) in [4.78, 5) is 0. The Bertz CT molecular complexity index is 241. The third-order valence-corrected chi connectivity index (χ3v) is 1.62. The molecule has 0 bridgehead atoms. The molecule has 0 heteroatoms. The Morgan fingerprint density at radius 1 is 1.15 bits per heavy atom. The maximum atomic E-state index is 3.69. The van der Waals surface area contributed by atoms with Gasteiger partial charge in [-0.05, 0) is 24.5 Å². The fourth-order valence-corrected chi connectivity index (χ4v) is 0.889. The van der Waals surface area contributed by atoms with Crippen molar-refractivity contribution in [3.8, 4) is 0 Å². The minimum atomic E-state index is 1.11. The fourth-order valence-electron chi connectivity index (χ4n) is 0.889. The van der Waals surface area contributed by atoms with E-state index in [9.17, 15) is 0 Å². The van der Waals surface area contributed by atoms with Crippen LogP contribution in [0.25, 0.3) is 6.08 Å². The lowest BCUT2D eigenvalue weighted by Crippen LogP contribution is -1.78. The number of aryl methyl sites for hydroxylation is 1. The van der Waals surface area contributed by atoms with E-state index in [1.54, 1.807) is 6.08 Å². The molecule has 1 aromatic rings. The van der Waals surface area contributed by atoms with Crippen molar-refractivity contribution < 1.29 is 0 Å². The van der Waals surface area contributed by atoms with Crippen LogP contribution in [0.2, 0.25) is 0 Å². The molecule has 13 heavy (non-hydrogen) atoms. The monoisotopic (exact) mass is 174 g/mol. The molecule has 70 valence electrons. The third-order valence-electron chi connectivity index (χ3n) is 1.62. The average molecular weight is 174 g/mol. The Morgan fingerprint density at radius 3 is 1.92 bits per heavy atom. The summed E-state index contributed by atoms with van der Waals surface area (Å²) >= 11 is 0. The zero-order chi connectivity index (χ0) is 10.1. The van der Waals surface area contributed by atoms with Gasteiger partial charge in [0.15, 0.2) is 0 Å². The lowest BCUT2D eigenvalue weighted by molar-refractivity contribution is 1.14. The standard InChI is InChI=1S/C10H12.C3H6/c1-3-9-5-7-10(4-2)8-6-9;1-3-2/h3,5-8H,1,4H2,2H3;3H,1H2,2H3. The fraction of sp³-hybridized carbons (Fsp3) is 0.231. The highest BCUT2D eigenvalue weighted by Gasteiger charge is 1.86. The highest BCUT2D eigenvalue weighted by Crippen LogP contribution is 2.05. The Kier molecular flexibility index (Phi) is 6.62. The SMILES string of the molecule is C=CC.C=Cc1ccc(CC)cc1. The number of hydrogen-bond acceptors (Lipinski definition) is 0. The van der Waals surface area contributed by atoms with Crippen LogP contribution in [0.15, 0.2) is 43.5 Å². The molecule has 0 fully saturated rings. The van der Waals surface area contributed by atoms with Crippen molar-refractivity contribution in [2.75, 3.05) is 0 Å². The van der Waals surface area contributed by atoms with Crippen LogP contribution in [0.1, 0.15) is 25.0 Å². The van der Waals surface area contributed by atoms with Gasteiger partial charge in [0.25, 0.3) is 0 Å². The maximum absolute atomic E-state index is 3.69. The van der Waals surface area contributed by atoms with Crippen LogP contribution in [0.3, 0.4) is 0 Å². The lowest BCUT2D eigenvalue weighted by atomic mass is 10.1. The molecule has 1 rings (SSSR count). The molecule has 0 aliphatic rings. The molecule has 0 aliphatic carbocycles. The van der Waals surface area contributed by atoms with Gasteiger partial charge in [-0.15, -0.1) is 6.58 Å². The van der Waals surface area contributed by atoms with Crippen molar-refractivity contribution >= 4 is 6.08 Å². The molecular weight excluding hydrogens is 156 g/mol. The Morgan fingerprint density at radius 2 is 1.62 bits per heavy atom. The van der Waals surface area contributed by atoms with Crippen LogP contribution in [0.4, 0.5) is 0 Å². The van der Waals surface area contributed by atoms with Crippen molar-refractivity contribution in [3.63, 3.8) is 0 Å². The molecule has 0 amide bonds. The van der Waals surface area contributed by atoms with Gasteiger partial charge in [-0.3, -0.25) is 0 Å². The van der Waals surface area contributed by atoms with Crippen molar-refractivity contribution in [2.24, 2.45) is 0 Å². The van der Waals surface area contributed by atoms with E-state index in [-0.39, 0.29) is 0 Å². The first kappa shape index (κ1) is 11.7. The first-order valence-electron chi connectivity index (χ1n) is 4.56. The number of hydrogen-bond donors (Lipinski definition) is 0. The zero-order valence-corrected chi connectivity index (χ0v) is 8.59. The van der Waals surface area contributed by atoms with E-state index in [2.05, 4.69) is 44.3 Å². The van der Waals surface area contributed by atoms with E-state index >= 15 is 0 Å². The van der Waals surface area contributed by atoms with Gasteiger partial charge in [-0.2, -0.15) is 0 Å². The quantitative estimate of drug-likeness (QED) is 0.592. The summed E-state index contributed by atoms with van der Waals surface area (Å²) in [5, 5.41) is 0.